The molecule has 0 spiro atoms. The van der Waals surface area contributed by atoms with Crippen LogP contribution in [0.5, 0.6) is 0 Å². The Balaban J connectivity index is 2.59. The van der Waals surface area contributed by atoms with Crippen molar-refractivity contribution in [1.29, 1.82) is 0 Å². The van der Waals surface area contributed by atoms with Crippen LogP contribution >= 0.6 is 0 Å². The molecular formula is C7H9N3O2. The zero-order valence-electron chi connectivity index (χ0n) is 6.41. The van der Waals surface area contributed by atoms with Crippen molar-refractivity contribution in [3.8, 4) is 0 Å². The third-order valence-electron chi connectivity index (χ3n) is 1.36. The Morgan fingerprint density at radius 1 is 1.58 bits per heavy atom. The highest BCUT2D eigenvalue weighted by Gasteiger charge is 1.97. The van der Waals surface area contributed by atoms with E-state index in [2.05, 4.69) is 10.2 Å². The van der Waals surface area contributed by atoms with Gasteiger partial charge in [-0.25, -0.2) is 5.10 Å². The molecule has 0 fully saturated rings. The second-order valence-corrected chi connectivity index (χ2v) is 2.38. The van der Waals surface area contributed by atoms with Gasteiger partial charge in [-0.3, -0.25) is 9.59 Å². The molecule has 1 heterocycles. The molecule has 3 N–H and O–H groups in total. The van der Waals surface area contributed by atoms with Crippen molar-refractivity contribution >= 4 is 5.91 Å². The summed E-state index contributed by atoms with van der Waals surface area (Å²) in [5, 5.41) is 5.97. The van der Waals surface area contributed by atoms with Gasteiger partial charge in [-0.1, -0.05) is 0 Å². The molecule has 1 aromatic heterocycles. The molecule has 5 nitrogen and oxygen atoms in total. The Kier molecular flexibility index (Phi) is 2.57. The number of primary amides is 1. The topological polar surface area (TPSA) is 88.8 Å². The number of amides is 1. The number of carbonyl (C=O) groups excluding carboxylic acids is 1. The van der Waals surface area contributed by atoms with E-state index in [4.69, 9.17) is 5.73 Å². The summed E-state index contributed by atoms with van der Waals surface area (Å²) in [4.78, 5) is 20.9. The lowest BCUT2D eigenvalue weighted by Crippen LogP contribution is -2.13. The number of nitrogens with two attached hydrogens (primary N) is 1. The van der Waals surface area contributed by atoms with E-state index in [1.54, 1.807) is 6.07 Å². The fraction of sp³-hybridized carbons (Fsp3) is 0.286. The standard InChI is InChI=1S/C7H9N3O2/c8-6(11)3-1-5-2-4-7(12)10-9-5/h2,4H,1,3H2,(H2,8,11)(H,10,12). The first-order valence-electron chi connectivity index (χ1n) is 3.51. The maximum absolute atomic E-state index is 10.6. The van der Waals surface area contributed by atoms with Gasteiger partial charge < -0.3 is 5.73 Å². The summed E-state index contributed by atoms with van der Waals surface area (Å²) in [6.45, 7) is 0. The summed E-state index contributed by atoms with van der Waals surface area (Å²) < 4.78 is 0. The Morgan fingerprint density at radius 2 is 2.33 bits per heavy atom. The van der Waals surface area contributed by atoms with Gasteiger partial charge in [-0.15, -0.1) is 0 Å². The van der Waals surface area contributed by atoms with Gasteiger partial charge in [0.2, 0.25) is 5.91 Å². The van der Waals surface area contributed by atoms with Gasteiger partial charge in [0.1, 0.15) is 0 Å². The molecule has 0 aliphatic carbocycles. The summed E-state index contributed by atoms with van der Waals surface area (Å²) >= 11 is 0. The first-order chi connectivity index (χ1) is 5.68. The molecule has 0 bridgehead atoms. The summed E-state index contributed by atoms with van der Waals surface area (Å²) in [5.74, 6) is -0.372. The zero-order chi connectivity index (χ0) is 8.97. The highest BCUT2D eigenvalue weighted by Crippen LogP contribution is 1.93. The van der Waals surface area contributed by atoms with Crippen molar-refractivity contribution < 1.29 is 4.79 Å². The molecule has 0 unspecified atom stereocenters. The lowest BCUT2D eigenvalue weighted by Gasteiger charge is -1.94. The molecule has 1 rings (SSSR count). The van der Waals surface area contributed by atoms with Crippen LogP contribution in [0.2, 0.25) is 0 Å². The summed E-state index contributed by atoms with van der Waals surface area (Å²) in [6.07, 6.45) is 0.713. The predicted molar refractivity (Wildman–Crippen MR) is 42.4 cm³/mol. The van der Waals surface area contributed by atoms with Crippen molar-refractivity contribution in [2.75, 3.05) is 0 Å². The van der Waals surface area contributed by atoms with E-state index in [0.29, 0.717) is 12.1 Å². The van der Waals surface area contributed by atoms with Crippen LogP contribution in [0.15, 0.2) is 16.9 Å². The van der Waals surface area contributed by atoms with Crippen LogP contribution in [0.1, 0.15) is 12.1 Å². The number of hydrogen-bond donors (Lipinski definition) is 2. The van der Waals surface area contributed by atoms with Crippen LogP contribution in [-0.4, -0.2) is 16.1 Å². The van der Waals surface area contributed by atoms with Crippen LogP contribution in [0.3, 0.4) is 0 Å². The Bertz CT molecular complexity index is 311. The predicted octanol–water partition coefficient (Wildman–Crippen LogP) is -0.812. The Morgan fingerprint density at radius 3 is 2.83 bits per heavy atom. The normalized spacial score (nSPS) is 9.67. The minimum Gasteiger partial charge on any atom is -0.370 e. The smallest absolute Gasteiger partial charge is 0.264 e. The van der Waals surface area contributed by atoms with E-state index in [0.717, 1.165) is 0 Å². The van der Waals surface area contributed by atoms with Gasteiger partial charge in [0.05, 0.1) is 5.69 Å². The number of aryl methyl sites for hydroxylation is 1. The number of nitrogens with one attached hydrogen (secondary N) is 1. The second-order valence-electron chi connectivity index (χ2n) is 2.38. The van der Waals surface area contributed by atoms with Crippen LogP contribution < -0.4 is 11.3 Å². The van der Waals surface area contributed by atoms with Crippen molar-refractivity contribution in [3.63, 3.8) is 0 Å². The molecular weight excluding hydrogens is 158 g/mol. The fourth-order valence-electron chi connectivity index (χ4n) is 0.764. The van der Waals surface area contributed by atoms with Gasteiger partial charge in [-0.05, 0) is 6.07 Å². The molecule has 0 saturated carbocycles. The molecule has 0 atom stereocenters. The highest BCUT2D eigenvalue weighted by molar-refractivity contribution is 5.73. The SMILES string of the molecule is NC(=O)CCc1ccc(=O)[nH]n1. The summed E-state index contributed by atoms with van der Waals surface area (Å²) in [7, 11) is 0. The van der Waals surface area contributed by atoms with Gasteiger partial charge >= 0.3 is 0 Å². The van der Waals surface area contributed by atoms with E-state index in [9.17, 15) is 9.59 Å². The largest absolute Gasteiger partial charge is 0.370 e. The summed E-state index contributed by atoms with van der Waals surface area (Å²) in [5.41, 5.74) is 5.34. The van der Waals surface area contributed by atoms with Crippen molar-refractivity contribution in [2.45, 2.75) is 12.8 Å². The van der Waals surface area contributed by atoms with E-state index in [-0.39, 0.29) is 17.9 Å². The fourth-order valence-corrected chi connectivity index (χ4v) is 0.764. The molecule has 1 amide bonds. The van der Waals surface area contributed by atoms with Crippen molar-refractivity contribution in [3.05, 3.63) is 28.2 Å². The first-order valence-corrected chi connectivity index (χ1v) is 3.51. The van der Waals surface area contributed by atoms with E-state index in [1.165, 1.54) is 6.07 Å². The van der Waals surface area contributed by atoms with Crippen molar-refractivity contribution in [1.82, 2.24) is 10.2 Å². The zero-order valence-corrected chi connectivity index (χ0v) is 6.41. The number of carbonyl (C=O) groups is 1. The third kappa shape index (κ3) is 2.53. The van der Waals surface area contributed by atoms with E-state index in [1.807, 2.05) is 0 Å². The number of aromatic amines is 1. The molecule has 0 radical (unpaired) electrons. The number of rotatable bonds is 3. The number of H-pyrrole nitrogens is 1. The molecule has 64 valence electrons. The molecule has 5 heteroatoms. The Hall–Kier alpha value is -1.65. The molecule has 1 aromatic rings. The molecule has 0 aliphatic rings. The average Bonchev–Trinajstić information content (AvgIpc) is 2.03. The van der Waals surface area contributed by atoms with Crippen molar-refractivity contribution in [2.24, 2.45) is 5.73 Å². The van der Waals surface area contributed by atoms with Gasteiger partial charge in [-0.2, -0.15) is 5.10 Å². The molecule has 0 aliphatic heterocycles. The molecule has 0 aromatic carbocycles. The molecule has 0 saturated heterocycles. The number of aromatic nitrogens is 2. The highest BCUT2D eigenvalue weighted by atomic mass is 16.1. The van der Waals surface area contributed by atoms with E-state index < -0.39 is 0 Å². The lowest BCUT2D eigenvalue weighted by molar-refractivity contribution is -0.118. The van der Waals surface area contributed by atoms with E-state index >= 15 is 0 Å². The van der Waals surface area contributed by atoms with Crippen LogP contribution in [0.4, 0.5) is 0 Å². The third-order valence-corrected chi connectivity index (χ3v) is 1.36. The summed E-state index contributed by atoms with van der Waals surface area (Å²) in [6, 6.07) is 2.94. The minimum atomic E-state index is -0.372. The minimum absolute atomic E-state index is 0.249. The number of nitrogens with zero attached hydrogens (tertiary/aromatic N) is 1. The van der Waals surface area contributed by atoms with Crippen LogP contribution in [0, 0.1) is 0 Å². The monoisotopic (exact) mass is 167 g/mol. The van der Waals surface area contributed by atoms with Gasteiger partial charge in [0.15, 0.2) is 0 Å². The van der Waals surface area contributed by atoms with Gasteiger partial charge in [0, 0.05) is 18.9 Å². The average molecular weight is 167 g/mol. The van der Waals surface area contributed by atoms with Crippen LogP contribution in [-0.2, 0) is 11.2 Å². The van der Waals surface area contributed by atoms with Gasteiger partial charge in [0.25, 0.3) is 5.56 Å². The quantitative estimate of drug-likeness (QED) is 0.616. The maximum Gasteiger partial charge on any atom is 0.264 e. The first kappa shape index (κ1) is 8.45. The number of hydrogen-bond acceptors (Lipinski definition) is 3. The lowest BCUT2D eigenvalue weighted by atomic mass is 10.2. The van der Waals surface area contributed by atoms with Crippen LogP contribution in [0.25, 0.3) is 0 Å². The second kappa shape index (κ2) is 3.66. The Labute approximate surface area is 68.6 Å². The molecule has 12 heavy (non-hydrogen) atoms. The maximum atomic E-state index is 10.6.